The predicted octanol–water partition coefficient (Wildman–Crippen LogP) is 4.59. The number of amides is 2. The summed E-state index contributed by atoms with van der Waals surface area (Å²) >= 11 is 0.656. The average Bonchev–Trinajstić information content (AvgIpc) is 3.25. The summed E-state index contributed by atoms with van der Waals surface area (Å²) in [6.45, 7) is -0.618. The Hall–Kier alpha value is -4.46. The molecule has 10 nitrogen and oxygen atoms in total. The van der Waals surface area contributed by atoms with Gasteiger partial charge in [-0.1, -0.05) is 0 Å². The summed E-state index contributed by atoms with van der Waals surface area (Å²) in [7, 11) is 2.25. The molecule has 0 saturated heterocycles. The summed E-state index contributed by atoms with van der Waals surface area (Å²) in [5.74, 6) is -7.07. The van der Waals surface area contributed by atoms with Gasteiger partial charge in [-0.05, 0) is 12.1 Å². The Bertz CT molecular complexity index is 1350. The van der Waals surface area contributed by atoms with Gasteiger partial charge in [0.25, 0.3) is 0 Å². The number of methoxy groups -OCH3 is 2. The highest BCUT2D eigenvalue weighted by atomic mass is 32.1. The zero-order valence-corrected chi connectivity index (χ0v) is 19.3. The van der Waals surface area contributed by atoms with Crippen LogP contribution in [0.15, 0.2) is 29.6 Å². The van der Waals surface area contributed by atoms with Crippen LogP contribution in [0.5, 0.6) is 17.2 Å². The molecule has 0 aliphatic carbocycles. The molecule has 2 aromatic carbocycles. The number of anilines is 2. The number of rotatable bonds is 8. The molecule has 0 spiro atoms. The summed E-state index contributed by atoms with van der Waals surface area (Å²) < 4.78 is 56.9. The number of carboxylic acid groups (broad SMARTS) is 1. The molecule has 0 bridgehead atoms. The second-order valence-corrected chi connectivity index (χ2v) is 7.74. The second-order valence-electron chi connectivity index (χ2n) is 6.86. The van der Waals surface area contributed by atoms with E-state index in [4.69, 9.17) is 9.47 Å². The maximum atomic E-state index is 14.4. The van der Waals surface area contributed by atoms with Gasteiger partial charge in [-0.15, -0.1) is 11.3 Å². The number of hydrogen-bond donors (Lipinski definition) is 4. The normalized spacial score (nSPS) is 10.5. The van der Waals surface area contributed by atoms with Crippen molar-refractivity contribution in [3.8, 4) is 17.2 Å². The Morgan fingerprint density at radius 2 is 1.69 bits per heavy atom. The molecule has 0 atom stereocenters. The monoisotopic (exact) mass is 526 g/mol. The van der Waals surface area contributed by atoms with Gasteiger partial charge in [-0.3, -0.25) is 0 Å². The van der Waals surface area contributed by atoms with Crippen molar-refractivity contribution >= 4 is 40.7 Å². The number of hydrogen-bond acceptors (Lipinski definition) is 8. The number of esters is 1. The number of aromatic carboxylic acids is 1. The first kappa shape index (κ1) is 26.2. The number of aromatic hydroxyl groups is 1. The highest BCUT2D eigenvalue weighted by Gasteiger charge is 2.25. The van der Waals surface area contributed by atoms with E-state index < -0.39 is 64.8 Å². The Morgan fingerprint density at radius 1 is 1.00 bits per heavy atom. The minimum Gasteiger partial charge on any atom is -0.504 e. The average molecular weight is 526 g/mol. The maximum absolute atomic E-state index is 14.4. The van der Waals surface area contributed by atoms with Crippen LogP contribution in [0.4, 0.5) is 29.3 Å². The summed E-state index contributed by atoms with van der Waals surface area (Å²) in [6, 6.07) is 2.43. The van der Waals surface area contributed by atoms with Crippen molar-refractivity contribution < 1.29 is 52.0 Å². The van der Waals surface area contributed by atoms with E-state index in [9.17, 15) is 37.8 Å². The third-order valence-electron chi connectivity index (χ3n) is 4.66. The molecule has 14 heteroatoms. The summed E-state index contributed by atoms with van der Waals surface area (Å²) in [5.41, 5.74) is -1.42. The van der Waals surface area contributed by atoms with Crippen molar-refractivity contribution in [1.29, 1.82) is 0 Å². The molecular formula is C22H17F3N2O8S. The number of halogens is 3. The molecule has 3 aromatic rings. The molecule has 0 radical (unpaired) electrons. The molecule has 0 unspecified atom stereocenters. The highest BCUT2D eigenvalue weighted by Crippen LogP contribution is 2.34. The van der Waals surface area contributed by atoms with Crippen LogP contribution in [-0.2, 0) is 11.3 Å². The smallest absolute Gasteiger partial charge is 0.346 e. The first-order valence-corrected chi connectivity index (χ1v) is 10.6. The number of benzene rings is 2. The van der Waals surface area contributed by atoms with Crippen molar-refractivity contribution in [1.82, 2.24) is 0 Å². The van der Waals surface area contributed by atoms with E-state index in [1.807, 2.05) is 0 Å². The zero-order chi connectivity index (χ0) is 26.6. The van der Waals surface area contributed by atoms with Crippen LogP contribution < -0.4 is 20.1 Å². The Labute approximate surface area is 204 Å². The van der Waals surface area contributed by atoms with Gasteiger partial charge in [0.2, 0.25) is 0 Å². The Morgan fingerprint density at radius 3 is 2.33 bits per heavy atom. The van der Waals surface area contributed by atoms with E-state index in [0.29, 0.717) is 17.4 Å². The van der Waals surface area contributed by atoms with E-state index in [1.54, 1.807) is 0 Å². The van der Waals surface area contributed by atoms with E-state index in [0.717, 1.165) is 19.2 Å². The standard InChI is InChI=1S/C22H17F3N2O8S/c1-33-15-4-3-10(23)18(25)9(15)7-35-16-6-12(11(24)5-14(16)28)26-22(32)27-13-8-36-19(20(29)30)17(13)21(31)34-2/h3-6,8,28H,7H2,1-2H3,(H,29,30)(H2,26,27,32). The molecule has 4 N–H and O–H groups in total. The van der Waals surface area contributed by atoms with Gasteiger partial charge < -0.3 is 35.1 Å². The van der Waals surface area contributed by atoms with E-state index in [2.05, 4.69) is 15.4 Å². The molecule has 0 aliphatic heterocycles. The fourth-order valence-electron chi connectivity index (χ4n) is 2.99. The lowest BCUT2D eigenvalue weighted by atomic mass is 10.2. The number of thiophene rings is 1. The Balaban J connectivity index is 1.81. The molecule has 2 amide bonds. The van der Waals surface area contributed by atoms with Crippen LogP contribution in [0.25, 0.3) is 0 Å². The van der Waals surface area contributed by atoms with Crippen molar-refractivity contribution in [2.45, 2.75) is 6.61 Å². The number of carbonyl (C=O) groups excluding carboxylic acids is 2. The van der Waals surface area contributed by atoms with Crippen LogP contribution >= 0.6 is 11.3 Å². The number of urea groups is 1. The molecular weight excluding hydrogens is 509 g/mol. The summed E-state index contributed by atoms with van der Waals surface area (Å²) in [4.78, 5) is 35.3. The lowest BCUT2D eigenvalue weighted by Crippen LogP contribution is -2.21. The third-order valence-corrected chi connectivity index (χ3v) is 5.63. The molecule has 0 aliphatic rings. The fourth-order valence-corrected chi connectivity index (χ4v) is 3.82. The number of carboxylic acids is 1. The quantitative estimate of drug-likeness (QED) is 0.247. The largest absolute Gasteiger partial charge is 0.504 e. The summed E-state index contributed by atoms with van der Waals surface area (Å²) in [5, 5.41) is 24.7. The highest BCUT2D eigenvalue weighted by molar-refractivity contribution is 7.13. The number of nitrogens with one attached hydrogen (secondary N) is 2. The molecule has 36 heavy (non-hydrogen) atoms. The van der Waals surface area contributed by atoms with Crippen LogP contribution in [-0.4, -0.2) is 42.4 Å². The molecule has 3 rings (SSSR count). The minimum absolute atomic E-state index is 0.0360. The van der Waals surface area contributed by atoms with Crippen LogP contribution in [0.1, 0.15) is 25.6 Å². The van der Waals surface area contributed by atoms with Gasteiger partial charge in [0.1, 0.15) is 22.8 Å². The zero-order valence-electron chi connectivity index (χ0n) is 18.5. The third kappa shape index (κ3) is 5.43. The Kier molecular flexibility index (Phi) is 7.89. The van der Waals surface area contributed by atoms with E-state index >= 15 is 0 Å². The van der Waals surface area contributed by atoms with Crippen molar-refractivity contribution in [2.75, 3.05) is 24.9 Å². The van der Waals surface area contributed by atoms with Gasteiger partial charge in [0.05, 0.1) is 31.2 Å². The van der Waals surface area contributed by atoms with E-state index in [-0.39, 0.29) is 21.9 Å². The maximum Gasteiger partial charge on any atom is 0.346 e. The minimum atomic E-state index is -1.42. The van der Waals surface area contributed by atoms with Gasteiger partial charge >= 0.3 is 18.0 Å². The lowest BCUT2D eigenvalue weighted by molar-refractivity contribution is 0.0586. The molecule has 190 valence electrons. The lowest BCUT2D eigenvalue weighted by Gasteiger charge is -2.14. The van der Waals surface area contributed by atoms with Crippen LogP contribution in [0.2, 0.25) is 0 Å². The first-order chi connectivity index (χ1) is 17.1. The first-order valence-electron chi connectivity index (χ1n) is 9.74. The van der Waals surface area contributed by atoms with Gasteiger partial charge in [-0.2, -0.15) is 0 Å². The number of ether oxygens (including phenoxy) is 3. The van der Waals surface area contributed by atoms with Crippen molar-refractivity contribution in [3.05, 3.63) is 63.1 Å². The van der Waals surface area contributed by atoms with Crippen molar-refractivity contribution in [3.63, 3.8) is 0 Å². The van der Waals surface area contributed by atoms with Crippen LogP contribution in [0, 0.1) is 17.5 Å². The van der Waals surface area contributed by atoms with Crippen molar-refractivity contribution in [2.24, 2.45) is 0 Å². The molecule has 1 aromatic heterocycles. The number of phenolic OH excluding ortho intramolecular Hbond substituents is 1. The molecule has 0 fully saturated rings. The topological polar surface area (TPSA) is 143 Å². The summed E-state index contributed by atoms with van der Waals surface area (Å²) in [6.07, 6.45) is 0. The van der Waals surface area contributed by atoms with Gasteiger partial charge in [-0.25, -0.2) is 27.6 Å². The van der Waals surface area contributed by atoms with Crippen LogP contribution in [0.3, 0.4) is 0 Å². The van der Waals surface area contributed by atoms with Gasteiger partial charge in [0, 0.05) is 17.5 Å². The predicted molar refractivity (Wildman–Crippen MR) is 121 cm³/mol. The number of carbonyl (C=O) groups is 3. The van der Waals surface area contributed by atoms with E-state index in [1.165, 1.54) is 18.6 Å². The number of phenols is 1. The molecule has 0 saturated carbocycles. The fraction of sp³-hybridized carbons (Fsp3) is 0.136. The van der Waals surface area contributed by atoms with Gasteiger partial charge in [0.15, 0.2) is 29.0 Å². The molecule has 1 heterocycles. The SMILES string of the molecule is COC(=O)c1c(NC(=O)Nc2cc(OCc3c(OC)ccc(F)c3F)c(O)cc2F)csc1C(=O)O. The second kappa shape index (κ2) is 10.9.